The van der Waals surface area contributed by atoms with Crippen molar-refractivity contribution in [1.29, 1.82) is 0 Å². The van der Waals surface area contributed by atoms with Gasteiger partial charge in [-0.1, -0.05) is 133 Å². The van der Waals surface area contributed by atoms with Crippen LogP contribution in [0, 0.1) is 0 Å². The van der Waals surface area contributed by atoms with Crippen molar-refractivity contribution in [2.45, 2.75) is 6.18 Å². The molecule has 0 aliphatic rings. The van der Waals surface area contributed by atoms with E-state index in [1.165, 1.54) is 32.0 Å². The van der Waals surface area contributed by atoms with Crippen LogP contribution >= 0.6 is 11.3 Å². The molecule has 0 aliphatic heterocycles. The van der Waals surface area contributed by atoms with Crippen LogP contribution in [0.4, 0.5) is 13.2 Å². The van der Waals surface area contributed by atoms with Crippen molar-refractivity contribution >= 4 is 75.5 Å². The average Bonchev–Trinajstić information content (AvgIpc) is 3.94. The van der Waals surface area contributed by atoms with Crippen LogP contribution in [-0.4, -0.2) is 14.5 Å². The third-order valence-electron chi connectivity index (χ3n) is 12.1. The Labute approximate surface area is 357 Å². The second kappa shape index (κ2) is 14.0. The molecule has 9 aromatic carbocycles. The molecule has 62 heavy (non-hydrogen) atoms. The maximum Gasteiger partial charge on any atom is 0.416 e. The molecular weight excluding hydrogens is 792 g/mol. The van der Waals surface area contributed by atoms with Gasteiger partial charge in [-0.05, 0) is 114 Å². The zero-order valence-electron chi connectivity index (χ0n) is 32.9. The first kappa shape index (κ1) is 36.3. The van der Waals surface area contributed by atoms with Crippen molar-refractivity contribution in [3.63, 3.8) is 0 Å². The molecule has 0 saturated carbocycles. The van der Waals surface area contributed by atoms with Crippen molar-refractivity contribution in [3.05, 3.63) is 199 Å². The van der Waals surface area contributed by atoms with E-state index in [4.69, 9.17) is 9.97 Å². The van der Waals surface area contributed by atoms with E-state index in [9.17, 15) is 13.2 Å². The molecule has 0 saturated heterocycles. The van der Waals surface area contributed by atoms with Gasteiger partial charge in [0.2, 0.25) is 0 Å². The fourth-order valence-corrected chi connectivity index (χ4v) is 10.1. The van der Waals surface area contributed by atoms with E-state index in [1.54, 1.807) is 23.5 Å². The van der Waals surface area contributed by atoms with Crippen LogP contribution in [-0.2, 0) is 6.18 Å². The van der Waals surface area contributed by atoms with Crippen LogP contribution in [0.15, 0.2) is 193 Å². The third-order valence-corrected chi connectivity index (χ3v) is 13.1. The van der Waals surface area contributed by atoms with Gasteiger partial charge in [0.25, 0.3) is 0 Å². The molecule has 0 unspecified atom stereocenters. The van der Waals surface area contributed by atoms with Gasteiger partial charge < -0.3 is 0 Å². The first-order valence-electron chi connectivity index (χ1n) is 20.4. The summed E-state index contributed by atoms with van der Waals surface area (Å²) < 4.78 is 44.3. The first-order valence-corrected chi connectivity index (χ1v) is 21.2. The molecule has 3 aromatic heterocycles. The summed E-state index contributed by atoms with van der Waals surface area (Å²) in [5.74, 6) is 1.31. The van der Waals surface area contributed by atoms with Crippen molar-refractivity contribution in [2.24, 2.45) is 0 Å². The van der Waals surface area contributed by atoms with Gasteiger partial charge in [0, 0.05) is 32.7 Å². The SMILES string of the molecule is FC(F)(F)c1ccc(-c2ccc3c(c2)c2cc4c5ccccc5c5cc(-c6cccc7ccsc67)ccc5c4cc2n3-c2cc(-c3ccccc3)nc(-c3ccccc3)n2)cc1. The Morgan fingerprint density at radius 3 is 1.81 bits per heavy atom. The number of benzene rings is 9. The predicted octanol–water partition coefficient (Wildman–Crippen LogP) is 15.9. The molecule has 12 aromatic rings. The Balaban J connectivity index is 1.17. The molecule has 0 bridgehead atoms. The number of hydrogen-bond donors (Lipinski definition) is 0. The van der Waals surface area contributed by atoms with Crippen LogP contribution in [0.2, 0.25) is 0 Å². The van der Waals surface area contributed by atoms with Crippen LogP contribution in [0.5, 0.6) is 0 Å². The second-order valence-corrected chi connectivity index (χ2v) is 16.6. The van der Waals surface area contributed by atoms with Crippen molar-refractivity contribution < 1.29 is 13.2 Å². The summed E-state index contributed by atoms with van der Waals surface area (Å²) in [7, 11) is 0. The molecule has 0 radical (unpaired) electrons. The Morgan fingerprint density at radius 1 is 0.419 bits per heavy atom. The summed E-state index contributed by atoms with van der Waals surface area (Å²) in [6.45, 7) is 0. The molecule has 0 atom stereocenters. The third kappa shape index (κ3) is 5.88. The summed E-state index contributed by atoms with van der Waals surface area (Å²) in [5.41, 5.74) is 7.76. The lowest BCUT2D eigenvalue weighted by Gasteiger charge is -2.14. The second-order valence-electron chi connectivity index (χ2n) is 15.7. The minimum absolute atomic E-state index is 0.601. The number of fused-ring (bicyclic) bond motifs is 10. The molecular formula is C55H32F3N3S. The first-order chi connectivity index (χ1) is 30.4. The van der Waals surface area contributed by atoms with E-state index in [0.29, 0.717) is 17.2 Å². The lowest BCUT2D eigenvalue weighted by atomic mass is 9.91. The van der Waals surface area contributed by atoms with Crippen molar-refractivity contribution in [2.75, 3.05) is 0 Å². The highest BCUT2D eigenvalue weighted by molar-refractivity contribution is 7.17. The summed E-state index contributed by atoms with van der Waals surface area (Å²) in [4.78, 5) is 10.4. The van der Waals surface area contributed by atoms with E-state index < -0.39 is 11.7 Å². The Hall–Kier alpha value is -7.61. The van der Waals surface area contributed by atoms with Gasteiger partial charge in [-0.15, -0.1) is 11.3 Å². The van der Waals surface area contributed by atoms with Gasteiger partial charge in [-0.25, -0.2) is 9.97 Å². The maximum atomic E-state index is 13.6. The van der Waals surface area contributed by atoms with Crippen LogP contribution in [0.3, 0.4) is 0 Å². The van der Waals surface area contributed by atoms with Gasteiger partial charge in [-0.3, -0.25) is 4.57 Å². The summed E-state index contributed by atoms with van der Waals surface area (Å²) in [6, 6.07) is 62.4. The van der Waals surface area contributed by atoms with Gasteiger partial charge in [0.15, 0.2) is 5.82 Å². The minimum atomic E-state index is -4.42. The number of thiophene rings is 1. The van der Waals surface area contributed by atoms with Gasteiger partial charge in [-0.2, -0.15) is 13.2 Å². The highest BCUT2D eigenvalue weighted by atomic mass is 32.1. The molecule has 12 rings (SSSR count). The molecule has 0 N–H and O–H groups in total. The van der Waals surface area contributed by atoms with E-state index in [0.717, 1.165) is 77.9 Å². The maximum absolute atomic E-state index is 13.6. The standard InChI is InChI=1S/C55H32F3N3S/c56-55(57,58)39-22-18-33(19-23-39)37-21-25-50-47(28-37)48-30-45-42-16-8-7-15-41(42)44-29-38(40-17-9-14-35-26-27-62-53(35)40)20-24-43(44)46(45)31-51(48)61(50)52-32-49(34-10-3-1-4-11-34)59-54(60-52)36-12-5-2-6-13-36/h1-32H. The normalized spacial score (nSPS) is 12.1. The number of alkyl halides is 3. The highest BCUT2D eigenvalue weighted by Crippen LogP contribution is 2.44. The summed E-state index contributed by atoms with van der Waals surface area (Å²) in [6.07, 6.45) is -4.42. The number of hydrogen-bond acceptors (Lipinski definition) is 3. The fourth-order valence-electron chi connectivity index (χ4n) is 9.15. The van der Waals surface area contributed by atoms with Gasteiger partial charge in [0.1, 0.15) is 5.82 Å². The van der Waals surface area contributed by atoms with E-state index in [1.807, 2.05) is 60.7 Å². The van der Waals surface area contributed by atoms with Gasteiger partial charge >= 0.3 is 6.18 Å². The molecule has 0 amide bonds. The molecule has 3 heterocycles. The molecule has 0 fully saturated rings. The van der Waals surface area contributed by atoms with E-state index >= 15 is 0 Å². The monoisotopic (exact) mass is 823 g/mol. The summed E-state index contributed by atoms with van der Waals surface area (Å²) >= 11 is 1.76. The van der Waals surface area contributed by atoms with E-state index in [-0.39, 0.29) is 0 Å². The number of aromatic nitrogens is 3. The molecule has 3 nitrogen and oxygen atoms in total. The number of halogens is 3. The number of nitrogens with zero attached hydrogens (tertiary/aromatic N) is 3. The topological polar surface area (TPSA) is 30.7 Å². The average molecular weight is 824 g/mol. The lowest BCUT2D eigenvalue weighted by Crippen LogP contribution is -2.04. The quantitative estimate of drug-likeness (QED) is 0.162. The van der Waals surface area contributed by atoms with Crippen LogP contribution in [0.25, 0.3) is 115 Å². The van der Waals surface area contributed by atoms with Crippen molar-refractivity contribution in [1.82, 2.24) is 14.5 Å². The molecule has 0 aliphatic carbocycles. The minimum Gasteiger partial charge on any atom is -0.294 e. The molecule has 294 valence electrons. The Morgan fingerprint density at radius 2 is 1.05 bits per heavy atom. The lowest BCUT2D eigenvalue weighted by molar-refractivity contribution is -0.137. The molecule has 0 spiro atoms. The highest BCUT2D eigenvalue weighted by Gasteiger charge is 2.30. The zero-order valence-corrected chi connectivity index (χ0v) is 33.7. The Kier molecular flexibility index (Phi) is 8.17. The van der Waals surface area contributed by atoms with E-state index in [2.05, 4.69) is 113 Å². The van der Waals surface area contributed by atoms with Crippen LogP contribution < -0.4 is 0 Å². The molecule has 7 heteroatoms. The Bertz CT molecular complexity index is 3660. The largest absolute Gasteiger partial charge is 0.416 e. The zero-order chi connectivity index (χ0) is 41.5. The fraction of sp³-hybridized carbons (Fsp3) is 0.0182. The number of rotatable bonds is 5. The predicted molar refractivity (Wildman–Crippen MR) is 251 cm³/mol. The smallest absolute Gasteiger partial charge is 0.294 e. The van der Waals surface area contributed by atoms with Crippen molar-refractivity contribution in [3.8, 4) is 50.7 Å². The summed E-state index contributed by atoms with van der Waals surface area (Å²) in [5, 5.41) is 12.2. The van der Waals surface area contributed by atoms with Crippen LogP contribution in [0.1, 0.15) is 5.56 Å². The van der Waals surface area contributed by atoms with Gasteiger partial charge in [0.05, 0.1) is 22.3 Å².